The summed E-state index contributed by atoms with van der Waals surface area (Å²) in [5, 5.41) is 2.31. The first-order valence-corrected chi connectivity index (χ1v) is 3.97. The van der Waals surface area contributed by atoms with Gasteiger partial charge in [0.15, 0.2) is 6.54 Å². The van der Waals surface area contributed by atoms with Crippen LogP contribution in [-0.2, 0) is 4.79 Å². The predicted octanol–water partition coefficient (Wildman–Crippen LogP) is 0.481. The van der Waals surface area contributed by atoms with Gasteiger partial charge >= 0.3 is 6.03 Å². The number of carbonyl (C=O) groups is 2. The Morgan fingerprint density at radius 1 is 1.33 bits per heavy atom. The molecular weight excluding hydrogens is 156 g/mol. The predicted molar refractivity (Wildman–Crippen MR) is 44.3 cm³/mol. The van der Waals surface area contributed by atoms with Gasteiger partial charge in [0.05, 0.1) is 12.6 Å². The number of urea groups is 1. The summed E-state index contributed by atoms with van der Waals surface area (Å²) in [7, 11) is 1.78. The third-order valence-corrected chi connectivity index (χ3v) is 2.64. The van der Waals surface area contributed by atoms with E-state index in [0.717, 1.165) is 0 Å². The van der Waals surface area contributed by atoms with Crippen LogP contribution in [0.4, 0.5) is 4.79 Å². The number of rotatable bonds is 0. The molecule has 0 aromatic heterocycles. The van der Waals surface area contributed by atoms with Crippen LogP contribution in [0.1, 0.15) is 20.8 Å². The maximum Gasteiger partial charge on any atom is 0.424 e. The number of likely N-dealkylation sites (N-methyl/N-ethyl adjacent to an activating group) is 1. The van der Waals surface area contributed by atoms with Crippen LogP contribution >= 0.6 is 0 Å². The molecule has 0 aromatic carbocycles. The molecule has 1 heterocycles. The van der Waals surface area contributed by atoms with E-state index in [0.29, 0.717) is 0 Å². The third-order valence-electron chi connectivity index (χ3n) is 2.64. The van der Waals surface area contributed by atoms with Gasteiger partial charge in [-0.3, -0.25) is 4.79 Å². The Balaban J connectivity index is 3.00. The lowest BCUT2D eigenvalue weighted by Gasteiger charge is -2.37. The van der Waals surface area contributed by atoms with E-state index >= 15 is 0 Å². The first kappa shape index (κ1) is 9.19. The fraction of sp³-hybridized carbons (Fsp3) is 0.750. The number of nitrogens with one attached hydrogen (secondary N) is 1. The Bertz CT molecular complexity index is 242. The van der Waals surface area contributed by atoms with Crippen LogP contribution in [0.25, 0.3) is 0 Å². The van der Waals surface area contributed by atoms with Crippen LogP contribution in [0.5, 0.6) is 0 Å². The maximum atomic E-state index is 11.4. The van der Waals surface area contributed by atoms with Gasteiger partial charge < -0.3 is 0 Å². The number of carbonyl (C=O) groups excluding carboxylic acids is 2. The third kappa shape index (κ3) is 1.12. The van der Waals surface area contributed by atoms with Crippen molar-refractivity contribution in [3.8, 4) is 0 Å². The van der Waals surface area contributed by atoms with E-state index in [1.54, 1.807) is 7.05 Å². The highest BCUT2D eigenvalue weighted by Gasteiger charge is 2.50. The second-order valence-corrected chi connectivity index (χ2v) is 4.37. The Hall–Kier alpha value is -0.900. The summed E-state index contributed by atoms with van der Waals surface area (Å²) in [4.78, 5) is 22.4. The Morgan fingerprint density at radius 3 is 2.00 bits per heavy atom. The van der Waals surface area contributed by atoms with E-state index in [9.17, 15) is 9.59 Å². The van der Waals surface area contributed by atoms with E-state index < -0.39 is 0 Å². The minimum atomic E-state index is -0.226. The molecule has 1 saturated heterocycles. The monoisotopic (exact) mass is 171 g/mol. The first-order chi connectivity index (χ1) is 5.27. The second-order valence-electron chi connectivity index (χ2n) is 4.37. The van der Waals surface area contributed by atoms with Gasteiger partial charge in [-0.1, -0.05) is 0 Å². The number of quaternary nitrogens is 1. The second kappa shape index (κ2) is 2.29. The van der Waals surface area contributed by atoms with Crippen molar-refractivity contribution in [1.82, 2.24) is 5.32 Å². The molecule has 0 saturated carbocycles. The van der Waals surface area contributed by atoms with Gasteiger partial charge in [0, 0.05) is 0 Å². The van der Waals surface area contributed by atoms with Gasteiger partial charge in [-0.15, -0.1) is 0 Å². The molecule has 3 amide bonds. The molecule has 0 spiro atoms. The summed E-state index contributed by atoms with van der Waals surface area (Å²) in [5.74, 6) is -0.183. The minimum Gasteiger partial charge on any atom is -0.268 e. The summed E-state index contributed by atoms with van der Waals surface area (Å²) in [6, 6.07) is -0.201. The zero-order valence-electron chi connectivity index (χ0n) is 7.97. The van der Waals surface area contributed by atoms with Gasteiger partial charge in [-0.05, 0) is 20.8 Å². The van der Waals surface area contributed by atoms with Crippen molar-refractivity contribution < 1.29 is 14.1 Å². The summed E-state index contributed by atoms with van der Waals surface area (Å²) < 4.78 is 0.145. The smallest absolute Gasteiger partial charge is 0.268 e. The number of nitrogens with zero attached hydrogens (tertiary/aromatic N) is 1. The fourth-order valence-corrected chi connectivity index (χ4v) is 1.18. The van der Waals surface area contributed by atoms with E-state index in [1.807, 2.05) is 20.8 Å². The van der Waals surface area contributed by atoms with Crippen LogP contribution in [0, 0.1) is 0 Å². The zero-order chi connectivity index (χ0) is 9.57. The SMILES string of the molecule is CC(C)(C)[N+]1(C)CC(=O)NC1=O. The summed E-state index contributed by atoms with van der Waals surface area (Å²) in [6.45, 7) is 6.10. The molecular formula is C8H15N2O2+. The Labute approximate surface area is 72.1 Å². The fourth-order valence-electron chi connectivity index (χ4n) is 1.18. The van der Waals surface area contributed by atoms with E-state index in [1.165, 1.54) is 0 Å². The molecule has 1 aliphatic rings. The molecule has 1 aliphatic heterocycles. The number of hydrogen-bond acceptors (Lipinski definition) is 2. The van der Waals surface area contributed by atoms with Gasteiger partial charge in [-0.2, -0.15) is 0 Å². The maximum absolute atomic E-state index is 11.4. The van der Waals surface area contributed by atoms with Crippen LogP contribution in [0.2, 0.25) is 0 Å². The highest BCUT2D eigenvalue weighted by Crippen LogP contribution is 2.24. The van der Waals surface area contributed by atoms with Crippen molar-refractivity contribution in [1.29, 1.82) is 0 Å². The lowest BCUT2D eigenvalue weighted by Crippen LogP contribution is -2.59. The number of hydrogen-bond donors (Lipinski definition) is 1. The standard InChI is InChI=1S/C8H14N2O2/c1-8(2,3)10(4)5-6(11)9-7(10)12/h5H2,1-4H3/p+1. The molecule has 1 fully saturated rings. The summed E-state index contributed by atoms with van der Waals surface area (Å²) in [5.41, 5.74) is -0.226. The molecule has 0 radical (unpaired) electrons. The number of amides is 3. The molecule has 4 heteroatoms. The van der Waals surface area contributed by atoms with E-state index in [4.69, 9.17) is 0 Å². The Kier molecular flexibility index (Phi) is 1.76. The van der Waals surface area contributed by atoms with Gasteiger partial charge in [0.25, 0.3) is 5.91 Å². The molecule has 1 unspecified atom stereocenters. The molecule has 1 atom stereocenters. The normalized spacial score (nSPS) is 30.7. The molecule has 12 heavy (non-hydrogen) atoms. The highest BCUT2D eigenvalue weighted by atomic mass is 16.2. The van der Waals surface area contributed by atoms with Gasteiger partial charge in [0.1, 0.15) is 0 Å². The first-order valence-electron chi connectivity index (χ1n) is 3.97. The van der Waals surface area contributed by atoms with Crippen LogP contribution in [0.15, 0.2) is 0 Å². The largest absolute Gasteiger partial charge is 0.424 e. The van der Waals surface area contributed by atoms with Crippen LogP contribution in [0.3, 0.4) is 0 Å². The van der Waals surface area contributed by atoms with Crippen molar-refractivity contribution in [3.05, 3.63) is 0 Å². The Morgan fingerprint density at radius 2 is 1.83 bits per heavy atom. The molecule has 68 valence electrons. The molecule has 0 aromatic rings. The van der Waals surface area contributed by atoms with Gasteiger partial charge in [-0.25, -0.2) is 14.6 Å². The average Bonchev–Trinajstić information content (AvgIpc) is 2.06. The average molecular weight is 171 g/mol. The van der Waals surface area contributed by atoms with Crippen molar-refractivity contribution in [2.75, 3.05) is 13.6 Å². The number of imide groups is 1. The van der Waals surface area contributed by atoms with E-state index in [2.05, 4.69) is 5.32 Å². The zero-order valence-corrected chi connectivity index (χ0v) is 7.97. The topological polar surface area (TPSA) is 46.2 Å². The van der Waals surface area contributed by atoms with Crippen molar-refractivity contribution >= 4 is 11.9 Å². The van der Waals surface area contributed by atoms with E-state index in [-0.39, 0.29) is 28.5 Å². The molecule has 0 aliphatic carbocycles. The lowest BCUT2D eigenvalue weighted by molar-refractivity contribution is -0.865. The van der Waals surface area contributed by atoms with Crippen LogP contribution < -0.4 is 5.32 Å². The van der Waals surface area contributed by atoms with Gasteiger partial charge in [0.2, 0.25) is 0 Å². The molecule has 4 nitrogen and oxygen atoms in total. The summed E-state index contributed by atoms with van der Waals surface area (Å²) in [6.07, 6.45) is 0. The molecule has 1 N–H and O–H groups in total. The summed E-state index contributed by atoms with van der Waals surface area (Å²) >= 11 is 0. The van der Waals surface area contributed by atoms with Crippen molar-refractivity contribution in [2.24, 2.45) is 0 Å². The van der Waals surface area contributed by atoms with Crippen molar-refractivity contribution in [2.45, 2.75) is 26.3 Å². The molecule has 0 bridgehead atoms. The minimum absolute atomic E-state index is 0.145. The quantitative estimate of drug-likeness (QED) is 0.425. The molecule has 1 rings (SSSR count). The van der Waals surface area contributed by atoms with Crippen LogP contribution in [-0.4, -0.2) is 35.6 Å². The highest BCUT2D eigenvalue weighted by molar-refractivity contribution is 5.97. The van der Waals surface area contributed by atoms with Crippen molar-refractivity contribution in [3.63, 3.8) is 0 Å². The lowest BCUT2D eigenvalue weighted by atomic mass is 10.0.